The number of cyclic esters (lactones) is 1. The van der Waals surface area contributed by atoms with E-state index in [1.54, 1.807) is 22.9 Å². The molecule has 4 aliphatic rings. The van der Waals surface area contributed by atoms with Gasteiger partial charge >= 0.3 is 5.97 Å². The second-order valence-corrected chi connectivity index (χ2v) is 14.4. The molecule has 8 atom stereocenters. The van der Waals surface area contributed by atoms with Crippen LogP contribution in [0, 0.1) is 11.8 Å². The van der Waals surface area contributed by atoms with E-state index < -0.39 is 65.2 Å². The van der Waals surface area contributed by atoms with Crippen LogP contribution in [0.15, 0.2) is 53.0 Å². The molecule has 5 bridgehead atoms. The highest BCUT2D eigenvalue weighted by Crippen LogP contribution is 2.59. The van der Waals surface area contributed by atoms with Crippen molar-refractivity contribution in [2.75, 3.05) is 20.2 Å². The fraction of sp³-hybridized carbons (Fsp3) is 0.588. The van der Waals surface area contributed by atoms with Crippen molar-refractivity contribution in [2.45, 2.75) is 95.4 Å². The average molecular weight is 687 g/mol. The number of allylic oxidation sites excluding steroid dienone is 1. The number of esters is 1. The summed E-state index contributed by atoms with van der Waals surface area (Å²) in [7, 11) is 1.70. The molecular formula is C34H44BrN3O7. The van der Waals surface area contributed by atoms with Crippen LogP contribution in [0.5, 0.6) is 0 Å². The predicted molar refractivity (Wildman–Crippen MR) is 171 cm³/mol. The van der Waals surface area contributed by atoms with Gasteiger partial charge in [-0.15, -0.1) is 0 Å². The van der Waals surface area contributed by atoms with Crippen molar-refractivity contribution >= 4 is 39.6 Å². The Morgan fingerprint density at radius 2 is 1.76 bits per heavy atom. The first-order valence-corrected chi connectivity index (χ1v) is 16.5. The van der Waals surface area contributed by atoms with Crippen LogP contribution in [-0.4, -0.2) is 99.1 Å². The van der Waals surface area contributed by atoms with Crippen LogP contribution in [0.3, 0.4) is 0 Å². The molecule has 11 heteroatoms. The van der Waals surface area contributed by atoms with Crippen molar-refractivity contribution in [3.8, 4) is 0 Å². The number of carbonyl (C=O) groups excluding carboxylic acids is 4. The summed E-state index contributed by atoms with van der Waals surface area (Å²) in [4.78, 5) is 61.6. The lowest BCUT2D eigenvalue weighted by atomic mass is 9.74. The van der Waals surface area contributed by atoms with Gasteiger partial charge in [0.1, 0.15) is 29.8 Å². The van der Waals surface area contributed by atoms with E-state index >= 15 is 0 Å². The molecule has 0 aromatic heterocycles. The van der Waals surface area contributed by atoms with Crippen molar-refractivity contribution in [3.63, 3.8) is 0 Å². The molecule has 244 valence electrons. The monoisotopic (exact) mass is 685 g/mol. The Kier molecular flexibility index (Phi) is 9.37. The van der Waals surface area contributed by atoms with E-state index in [1.807, 2.05) is 77.1 Å². The summed E-state index contributed by atoms with van der Waals surface area (Å²) < 4.78 is 13.5. The molecule has 3 amide bonds. The Hall–Kier alpha value is -3.02. The summed E-state index contributed by atoms with van der Waals surface area (Å²) in [6, 6.07) is 6.96. The number of halogens is 1. The van der Waals surface area contributed by atoms with Crippen molar-refractivity contribution in [1.29, 1.82) is 0 Å². The number of carbonyl (C=O) groups is 4. The lowest BCUT2D eigenvalue weighted by Gasteiger charge is -2.42. The minimum Gasteiger partial charge on any atom is -0.455 e. The summed E-state index contributed by atoms with van der Waals surface area (Å²) in [6.07, 6.45) is 5.00. The second kappa shape index (κ2) is 12.6. The number of benzene rings is 1. The number of amides is 3. The molecule has 0 radical (unpaired) electrons. The van der Waals surface area contributed by atoms with E-state index in [-0.39, 0.29) is 31.4 Å². The molecule has 0 aliphatic carbocycles. The van der Waals surface area contributed by atoms with E-state index in [4.69, 9.17) is 9.47 Å². The fourth-order valence-electron chi connectivity index (χ4n) is 7.26. The first kappa shape index (κ1) is 33.3. The summed E-state index contributed by atoms with van der Waals surface area (Å²) in [5.74, 6) is -3.59. The van der Waals surface area contributed by atoms with Crippen LogP contribution in [0.25, 0.3) is 0 Å². The third-order valence-electron chi connectivity index (χ3n) is 9.81. The van der Waals surface area contributed by atoms with Gasteiger partial charge in [0, 0.05) is 30.0 Å². The van der Waals surface area contributed by atoms with Gasteiger partial charge in [-0.2, -0.15) is 0 Å². The number of nitrogens with zero attached hydrogens (tertiary/aromatic N) is 3. The molecule has 0 unspecified atom stereocenters. The lowest BCUT2D eigenvalue weighted by Crippen LogP contribution is -2.61. The molecule has 1 spiro atoms. The van der Waals surface area contributed by atoms with Gasteiger partial charge in [0.25, 0.3) is 0 Å². The van der Waals surface area contributed by atoms with E-state index in [1.165, 1.54) is 4.90 Å². The van der Waals surface area contributed by atoms with Gasteiger partial charge in [0.15, 0.2) is 0 Å². The first-order chi connectivity index (χ1) is 21.3. The van der Waals surface area contributed by atoms with Crippen molar-refractivity contribution in [1.82, 2.24) is 14.7 Å². The normalized spacial score (nSPS) is 34.1. The van der Waals surface area contributed by atoms with E-state index in [0.29, 0.717) is 22.9 Å². The molecule has 45 heavy (non-hydrogen) atoms. The molecule has 2 fully saturated rings. The van der Waals surface area contributed by atoms with Crippen LogP contribution in [-0.2, 0) is 28.7 Å². The molecular weight excluding hydrogens is 642 g/mol. The lowest BCUT2D eigenvalue weighted by molar-refractivity contribution is -0.164. The smallest absolute Gasteiger partial charge is 0.313 e. The first-order valence-electron chi connectivity index (χ1n) is 15.7. The largest absolute Gasteiger partial charge is 0.455 e. The Morgan fingerprint density at radius 1 is 1.07 bits per heavy atom. The van der Waals surface area contributed by atoms with Crippen molar-refractivity contribution in [2.24, 2.45) is 11.8 Å². The summed E-state index contributed by atoms with van der Waals surface area (Å²) >= 11 is 3.59. The van der Waals surface area contributed by atoms with Crippen LogP contribution in [0.2, 0.25) is 0 Å². The highest BCUT2D eigenvalue weighted by molar-refractivity contribution is 9.11. The molecule has 1 N–H and O–H groups in total. The molecule has 1 aromatic rings. The molecule has 2 saturated heterocycles. The number of aliphatic hydroxyl groups is 1. The Bertz CT molecular complexity index is 1390. The highest BCUT2D eigenvalue weighted by atomic mass is 79.9. The number of fused-ring (bicyclic) bond motifs is 2. The number of hydrogen-bond acceptors (Lipinski definition) is 7. The third kappa shape index (κ3) is 5.65. The standard InChI is InChI=1S/C34H44BrN3O7/c1-7-22(19-39)38-29-31(42)37(33(3,4)5)17-13-9-12-16-24(40)36(6)20(2)27(21-14-10-8-11-15-21)44-32(43)25-26(30(38)41)34(29)18-23(35)28(25)45-34/h8-11,13-15,18,20,22,25-29,39H,7,12,16-17,19H2,1-6H3/b13-9-/t20-,22+,25+,26-,27+,28+,29+,34-/m1/s1. The number of ether oxygens (including phenoxy) is 2. The maximum atomic E-state index is 14.7. The summed E-state index contributed by atoms with van der Waals surface area (Å²) in [5, 5.41) is 10.4. The third-order valence-corrected chi connectivity index (χ3v) is 10.5. The van der Waals surface area contributed by atoms with E-state index in [2.05, 4.69) is 15.9 Å². The molecule has 4 heterocycles. The molecule has 1 aromatic carbocycles. The zero-order valence-corrected chi connectivity index (χ0v) is 28.4. The minimum absolute atomic E-state index is 0.107. The zero-order valence-electron chi connectivity index (χ0n) is 26.8. The number of likely N-dealkylation sites (N-methyl/N-ethyl adjacent to an activating group) is 1. The quantitative estimate of drug-likeness (QED) is 0.379. The predicted octanol–water partition coefficient (Wildman–Crippen LogP) is 3.74. The zero-order chi connectivity index (χ0) is 32.8. The number of hydrogen-bond donors (Lipinski definition) is 1. The maximum absolute atomic E-state index is 14.7. The molecule has 4 aliphatic heterocycles. The van der Waals surface area contributed by atoms with Gasteiger partial charge in [-0.1, -0.05) is 65.3 Å². The van der Waals surface area contributed by atoms with Crippen molar-refractivity contribution in [3.05, 3.63) is 58.6 Å². The maximum Gasteiger partial charge on any atom is 0.313 e. The van der Waals surface area contributed by atoms with Gasteiger partial charge in [-0.05, 0) is 52.2 Å². The SMILES string of the molecule is CC[C@@H](CO)N1C(=O)[C@H]2[C@@H]3C(=O)O[C@H](c4ccccc4)[C@@H](C)N(C)C(=O)CC/C=C\CN(C(C)(C)C)C(=O)[C@H]1[C@@]21C=C(Br)[C@@H]3O1. The Morgan fingerprint density at radius 3 is 2.38 bits per heavy atom. The average Bonchev–Trinajstić information content (AvgIpc) is 3.60. The van der Waals surface area contributed by atoms with Crippen molar-refractivity contribution < 1.29 is 33.8 Å². The van der Waals surface area contributed by atoms with Gasteiger partial charge in [-0.25, -0.2) is 0 Å². The molecule has 10 nitrogen and oxygen atoms in total. The number of aliphatic hydroxyl groups excluding tert-OH is 1. The summed E-state index contributed by atoms with van der Waals surface area (Å²) in [5.41, 5.74) is -1.37. The summed E-state index contributed by atoms with van der Waals surface area (Å²) in [6.45, 7) is 9.35. The van der Waals surface area contributed by atoms with Gasteiger partial charge in [0.2, 0.25) is 17.7 Å². The van der Waals surface area contributed by atoms with Crippen LogP contribution < -0.4 is 0 Å². The Labute approximate surface area is 273 Å². The topological polar surface area (TPSA) is 117 Å². The van der Waals surface area contributed by atoms with E-state index in [0.717, 1.165) is 0 Å². The second-order valence-electron chi connectivity index (χ2n) is 13.5. The van der Waals surface area contributed by atoms with Gasteiger partial charge in [0.05, 0.1) is 24.6 Å². The van der Waals surface area contributed by atoms with Crippen LogP contribution >= 0.6 is 15.9 Å². The van der Waals surface area contributed by atoms with Crippen LogP contribution in [0.4, 0.5) is 0 Å². The van der Waals surface area contributed by atoms with Gasteiger partial charge < -0.3 is 29.3 Å². The highest BCUT2D eigenvalue weighted by Gasteiger charge is 2.75. The number of rotatable bonds is 4. The van der Waals surface area contributed by atoms with E-state index in [9.17, 15) is 24.3 Å². The Balaban J connectivity index is 1.67. The fourth-order valence-corrected chi connectivity index (χ4v) is 7.99. The number of likely N-dealkylation sites (tertiary alicyclic amines) is 1. The minimum atomic E-state index is -1.44. The molecule has 0 saturated carbocycles. The molecule has 5 rings (SSSR count). The van der Waals surface area contributed by atoms with Gasteiger partial charge in [-0.3, -0.25) is 19.2 Å². The van der Waals surface area contributed by atoms with Crippen LogP contribution in [0.1, 0.15) is 65.5 Å².